The standard InChI is InChI=1S/C27H26F2N4O4.C2H6.CH5N/c1-15-7-21-23(31(2)27(15)36)9-18(37-3)10-24(21)33-6-4-5-16-8-19(20(26(28)29)11-22(16)33)17-12-30-32(13-17)14-25(34)35;2*1-2/h7-13,26H,4-6,14H2,1-3H3,(H,34,35);1-2H3;2H2,1H3. The molecule has 0 aliphatic carbocycles. The zero-order chi connectivity index (χ0) is 30.4. The number of nitrogens with two attached hydrogens (primary N) is 1. The van der Waals surface area contributed by atoms with Crippen molar-refractivity contribution in [3.8, 4) is 16.9 Å². The molecule has 220 valence electrons. The molecule has 5 rings (SSSR count). The van der Waals surface area contributed by atoms with E-state index in [1.54, 1.807) is 37.8 Å². The summed E-state index contributed by atoms with van der Waals surface area (Å²) in [7, 11) is 4.75. The van der Waals surface area contributed by atoms with Crippen molar-refractivity contribution in [1.82, 2.24) is 14.3 Å². The van der Waals surface area contributed by atoms with Crippen molar-refractivity contribution >= 4 is 28.2 Å². The van der Waals surface area contributed by atoms with Crippen LogP contribution in [0.4, 0.5) is 20.2 Å². The summed E-state index contributed by atoms with van der Waals surface area (Å²) >= 11 is 0. The van der Waals surface area contributed by atoms with E-state index in [9.17, 15) is 18.4 Å². The molecule has 0 fully saturated rings. The highest BCUT2D eigenvalue weighted by atomic mass is 19.3. The number of anilines is 2. The van der Waals surface area contributed by atoms with Crippen molar-refractivity contribution in [2.45, 2.75) is 46.6 Å². The summed E-state index contributed by atoms with van der Waals surface area (Å²) in [6.07, 6.45) is 1.63. The molecule has 0 saturated heterocycles. The minimum absolute atomic E-state index is 0.112. The Labute approximate surface area is 237 Å². The number of hydrogen-bond donors (Lipinski definition) is 2. The summed E-state index contributed by atoms with van der Waals surface area (Å²) in [5, 5.41) is 13.9. The number of pyridine rings is 1. The topological polar surface area (TPSA) is 116 Å². The molecule has 9 nitrogen and oxygen atoms in total. The largest absolute Gasteiger partial charge is 0.497 e. The fourth-order valence-corrected chi connectivity index (χ4v) is 5.07. The number of nitrogens with zero attached hydrogens (tertiary/aromatic N) is 4. The molecule has 0 atom stereocenters. The number of benzene rings is 2. The van der Waals surface area contributed by atoms with Gasteiger partial charge in [0.2, 0.25) is 0 Å². The third-order valence-corrected chi connectivity index (χ3v) is 6.85. The van der Waals surface area contributed by atoms with E-state index in [1.165, 1.54) is 30.2 Å². The summed E-state index contributed by atoms with van der Waals surface area (Å²) in [5.74, 6) is -0.506. The molecule has 0 amide bonds. The molecule has 2 aromatic carbocycles. The Morgan fingerprint density at radius 1 is 1.15 bits per heavy atom. The zero-order valence-electron chi connectivity index (χ0n) is 24.2. The SMILES string of the molecule is CC.CN.COc1cc(N2CCCc3cc(-c4cnn(CC(=O)O)c4)c(C(F)F)cc32)c2cc(C)c(=O)n(C)c2c1. The van der Waals surface area contributed by atoms with Crippen LogP contribution in [-0.4, -0.2) is 46.1 Å². The Morgan fingerprint density at radius 3 is 2.49 bits per heavy atom. The number of aliphatic carboxylic acids is 1. The fraction of sp³-hybridized carbons (Fsp3) is 0.367. The number of ether oxygens (including phenoxy) is 1. The van der Waals surface area contributed by atoms with Gasteiger partial charge < -0.3 is 25.0 Å². The number of rotatable bonds is 6. The van der Waals surface area contributed by atoms with Crippen molar-refractivity contribution in [3.63, 3.8) is 0 Å². The van der Waals surface area contributed by atoms with Gasteiger partial charge in [-0.1, -0.05) is 13.8 Å². The summed E-state index contributed by atoms with van der Waals surface area (Å²) in [4.78, 5) is 25.7. The third-order valence-electron chi connectivity index (χ3n) is 6.85. The van der Waals surface area contributed by atoms with Crippen LogP contribution in [0, 0.1) is 6.92 Å². The first-order valence-electron chi connectivity index (χ1n) is 13.4. The number of hydrogen-bond acceptors (Lipinski definition) is 6. The molecule has 0 radical (unpaired) electrons. The molecule has 4 aromatic rings. The lowest BCUT2D eigenvalue weighted by Gasteiger charge is -2.34. The first kappa shape index (κ1) is 31.3. The van der Waals surface area contributed by atoms with Crippen molar-refractivity contribution in [3.05, 3.63) is 69.8 Å². The predicted molar refractivity (Wildman–Crippen MR) is 158 cm³/mol. The monoisotopic (exact) mass is 569 g/mol. The predicted octanol–water partition coefficient (Wildman–Crippen LogP) is 5.43. The number of aryl methyl sites for hydroxylation is 3. The van der Waals surface area contributed by atoms with E-state index in [0.717, 1.165) is 23.1 Å². The van der Waals surface area contributed by atoms with Gasteiger partial charge in [-0.3, -0.25) is 14.3 Å². The van der Waals surface area contributed by atoms with E-state index in [-0.39, 0.29) is 17.7 Å². The van der Waals surface area contributed by atoms with Gasteiger partial charge in [0.15, 0.2) is 0 Å². The molecule has 0 saturated carbocycles. The van der Waals surface area contributed by atoms with Crippen LogP contribution >= 0.6 is 0 Å². The second-order valence-electron chi connectivity index (χ2n) is 9.22. The Kier molecular flexibility index (Phi) is 10.2. The summed E-state index contributed by atoms with van der Waals surface area (Å²) in [5.41, 5.74) is 8.62. The van der Waals surface area contributed by atoms with Gasteiger partial charge in [0.25, 0.3) is 12.0 Å². The zero-order valence-corrected chi connectivity index (χ0v) is 24.2. The quantitative estimate of drug-likeness (QED) is 0.318. The van der Waals surface area contributed by atoms with Gasteiger partial charge in [-0.25, -0.2) is 8.78 Å². The number of methoxy groups -OCH3 is 1. The summed E-state index contributed by atoms with van der Waals surface area (Å²) in [6, 6.07) is 8.78. The lowest BCUT2D eigenvalue weighted by atomic mass is 9.92. The Morgan fingerprint density at radius 2 is 1.85 bits per heavy atom. The molecule has 1 aliphatic heterocycles. The number of carbonyl (C=O) groups is 1. The van der Waals surface area contributed by atoms with Gasteiger partial charge in [-0.15, -0.1) is 0 Å². The van der Waals surface area contributed by atoms with E-state index in [1.807, 2.05) is 30.9 Å². The Bertz CT molecular complexity index is 1600. The molecular formula is C30H37F2N5O4. The normalized spacial score (nSPS) is 12.3. The number of halogens is 2. The first-order chi connectivity index (χ1) is 19.7. The molecule has 0 spiro atoms. The molecule has 11 heteroatoms. The average molecular weight is 570 g/mol. The Hall–Kier alpha value is -4.25. The van der Waals surface area contributed by atoms with Crippen LogP contribution in [0.1, 0.15) is 43.4 Å². The highest BCUT2D eigenvalue weighted by Crippen LogP contribution is 2.43. The number of alkyl halides is 2. The van der Waals surface area contributed by atoms with E-state index < -0.39 is 12.4 Å². The molecular weight excluding hydrogens is 532 g/mol. The molecule has 0 unspecified atom stereocenters. The first-order valence-corrected chi connectivity index (χ1v) is 13.4. The van der Waals surface area contributed by atoms with Gasteiger partial charge in [0.05, 0.1) is 24.5 Å². The average Bonchev–Trinajstić information content (AvgIpc) is 3.44. The van der Waals surface area contributed by atoms with Gasteiger partial charge in [-0.05, 0) is 56.1 Å². The minimum atomic E-state index is -2.75. The second kappa shape index (κ2) is 13.4. The summed E-state index contributed by atoms with van der Waals surface area (Å²) in [6.45, 7) is 6.01. The summed E-state index contributed by atoms with van der Waals surface area (Å²) < 4.78 is 37.0. The number of carboxylic acid groups (broad SMARTS) is 1. The van der Waals surface area contributed by atoms with Gasteiger partial charge in [-0.2, -0.15) is 5.10 Å². The van der Waals surface area contributed by atoms with E-state index in [4.69, 9.17) is 9.84 Å². The van der Waals surface area contributed by atoms with Gasteiger partial charge in [0, 0.05) is 59.7 Å². The smallest absolute Gasteiger partial charge is 0.325 e. The van der Waals surface area contributed by atoms with Gasteiger partial charge >= 0.3 is 5.97 Å². The third kappa shape index (κ3) is 6.25. The maximum Gasteiger partial charge on any atom is 0.325 e. The lowest BCUT2D eigenvalue weighted by Crippen LogP contribution is -2.26. The number of aromatic nitrogens is 3. The van der Waals surface area contributed by atoms with Crippen LogP contribution in [0.3, 0.4) is 0 Å². The van der Waals surface area contributed by atoms with Crippen LogP contribution < -0.4 is 20.9 Å². The van der Waals surface area contributed by atoms with Crippen LogP contribution in [0.5, 0.6) is 5.75 Å². The Balaban J connectivity index is 0.00000111. The van der Waals surface area contributed by atoms with Crippen molar-refractivity contribution in [1.29, 1.82) is 0 Å². The maximum absolute atomic E-state index is 14.4. The number of carboxylic acids is 1. The molecule has 2 aromatic heterocycles. The van der Waals surface area contributed by atoms with Gasteiger partial charge in [0.1, 0.15) is 12.3 Å². The number of fused-ring (bicyclic) bond motifs is 2. The van der Waals surface area contributed by atoms with Crippen LogP contribution in [0.25, 0.3) is 22.0 Å². The molecule has 41 heavy (non-hydrogen) atoms. The second-order valence-corrected chi connectivity index (χ2v) is 9.22. The molecule has 3 heterocycles. The fourth-order valence-electron chi connectivity index (χ4n) is 5.07. The minimum Gasteiger partial charge on any atom is -0.497 e. The van der Waals surface area contributed by atoms with E-state index in [0.29, 0.717) is 46.6 Å². The van der Waals surface area contributed by atoms with Crippen molar-refractivity contribution < 1.29 is 23.4 Å². The van der Waals surface area contributed by atoms with Crippen LogP contribution in [-0.2, 0) is 24.8 Å². The molecule has 1 aliphatic rings. The van der Waals surface area contributed by atoms with E-state index in [2.05, 4.69) is 10.8 Å². The highest BCUT2D eigenvalue weighted by Gasteiger charge is 2.26. The van der Waals surface area contributed by atoms with Crippen molar-refractivity contribution in [2.75, 3.05) is 25.6 Å². The lowest BCUT2D eigenvalue weighted by molar-refractivity contribution is -0.137. The molecule has 3 N–H and O–H groups in total. The molecule has 0 bridgehead atoms. The van der Waals surface area contributed by atoms with Crippen LogP contribution in [0.2, 0.25) is 0 Å². The van der Waals surface area contributed by atoms with E-state index >= 15 is 0 Å². The maximum atomic E-state index is 14.4. The van der Waals surface area contributed by atoms with Crippen molar-refractivity contribution in [2.24, 2.45) is 12.8 Å². The highest BCUT2D eigenvalue weighted by molar-refractivity contribution is 5.96. The van der Waals surface area contributed by atoms with Crippen LogP contribution in [0.15, 0.2) is 47.5 Å².